The van der Waals surface area contributed by atoms with Crippen LogP contribution in [0.25, 0.3) is 6.08 Å². The van der Waals surface area contributed by atoms with Crippen molar-refractivity contribution in [1.82, 2.24) is 0 Å². The Balaban J connectivity index is 2.96. The van der Waals surface area contributed by atoms with Crippen LogP contribution in [0.2, 0.25) is 0 Å². The van der Waals surface area contributed by atoms with Gasteiger partial charge in [0.2, 0.25) is 0 Å². The Morgan fingerprint density at radius 3 is 2.82 bits per heavy atom. The van der Waals surface area contributed by atoms with Crippen molar-refractivity contribution in [2.24, 2.45) is 0 Å². The molecule has 0 saturated heterocycles. The smallest absolute Gasteiger partial charge is 0.330 e. The van der Waals surface area contributed by atoms with Gasteiger partial charge in [-0.25, -0.2) is 9.18 Å². The first-order valence-electron chi connectivity index (χ1n) is 4.91. The molecular formula is C12H11FO4. The van der Waals surface area contributed by atoms with Crippen LogP contribution in [-0.2, 0) is 9.53 Å². The molecule has 17 heavy (non-hydrogen) atoms. The number of hydrogen-bond acceptors (Lipinski definition) is 4. The Morgan fingerprint density at radius 2 is 2.24 bits per heavy atom. The predicted molar refractivity (Wildman–Crippen MR) is 59.1 cm³/mol. The van der Waals surface area contributed by atoms with Crippen LogP contribution in [0.15, 0.2) is 18.2 Å². The van der Waals surface area contributed by atoms with Crippen LogP contribution in [0.5, 0.6) is 5.75 Å². The van der Waals surface area contributed by atoms with Gasteiger partial charge in [0.15, 0.2) is 17.9 Å². The highest BCUT2D eigenvalue weighted by atomic mass is 19.1. The van der Waals surface area contributed by atoms with Crippen molar-refractivity contribution in [3.8, 4) is 5.75 Å². The number of esters is 1. The zero-order valence-electron chi connectivity index (χ0n) is 9.14. The summed E-state index contributed by atoms with van der Waals surface area (Å²) in [6, 6.07) is 2.28. The summed E-state index contributed by atoms with van der Waals surface area (Å²) in [6.07, 6.45) is 2.75. The van der Waals surface area contributed by atoms with Gasteiger partial charge >= 0.3 is 5.97 Å². The molecule has 0 spiro atoms. The quantitative estimate of drug-likeness (QED) is 0.494. The van der Waals surface area contributed by atoms with E-state index in [0.29, 0.717) is 6.29 Å². The molecule has 0 amide bonds. The molecule has 5 heteroatoms. The van der Waals surface area contributed by atoms with Crippen molar-refractivity contribution in [3.05, 3.63) is 35.2 Å². The maximum atomic E-state index is 13.1. The lowest BCUT2D eigenvalue weighted by molar-refractivity contribution is -0.137. The second-order valence-electron chi connectivity index (χ2n) is 3.14. The van der Waals surface area contributed by atoms with Gasteiger partial charge in [0.25, 0.3) is 0 Å². The molecule has 0 atom stereocenters. The fourth-order valence-corrected chi connectivity index (χ4v) is 1.18. The van der Waals surface area contributed by atoms with E-state index in [0.717, 1.165) is 12.1 Å². The van der Waals surface area contributed by atoms with Crippen molar-refractivity contribution >= 4 is 18.3 Å². The van der Waals surface area contributed by atoms with Gasteiger partial charge in [-0.05, 0) is 30.7 Å². The summed E-state index contributed by atoms with van der Waals surface area (Å²) in [5.41, 5.74) is 0.115. The number of carbonyl (C=O) groups is 2. The summed E-state index contributed by atoms with van der Waals surface area (Å²) in [4.78, 5) is 21.5. The Bertz CT molecular complexity index is 466. The molecule has 0 heterocycles. The lowest BCUT2D eigenvalue weighted by atomic mass is 10.1. The second-order valence-corrected chi connectivity index (χ2v) is 3.14. The number of carbonyl (C=O) groups excluding carboxylic acids is 2. The average molecular weight is 238 g/mol. The molecule has 0 aliphatic rings. The number of phenols is 1. The summed E-state index contributed by atoms with van der Waals surface area (Å²) in [7, 11) is 0. The topological polar surface area (TPSA) is 63.6 Å². The molecule has 0 aliphatic carbocycles. The van der Waals surface area contributed by atoms with E-state index < -0.39 is 17.5 Å². The van der Waals surface area contributed by atoms with Gasteiger partial charge in [0.05, 0.1) is 12.2 Å². The number of halogens is 1. The number of rotatable bonds is 4. The number of aldehydes is 1. The van der Waals surface area contributed by atoms with Crippen molar-refractivity contribution in [2.75, 3.05) is 6.61 Å². The lowest BCUT2D eigenvalue weighted by Gasteiger charge is -2.01. The third-order valence-corrected chi connectivity index (χ3v) is 1.94. The maximum Gasteiger partial charge on any atom is 0.330 e. The second kappa shape index (κ2) is 5.79. The molecule has 1 N–H and O–H groups in total. The first-order chi connectivity index (χ1) is 8.08. The van der Waals surface area contributed by atoms with Crippen LogP contribution in [-0.4, -0.2) is 24.0 Å². The maximum absolute atomic E-state index is 13.1. The summed E-state index contributed by atoms with van der Waals surface area (Å²) >= 11 is 0. The SMILES string of the molecule is CCOC(=O)C=Cc1cc(F)c(O)c(C=O)c1. The Hall–Kier alpha value is -2.17. The molecule has 1 rings (SSSR count). The standard InChI is InChI=1S/C12H11FO4/c1-2-17-11(15)4-3-8-5-9(7-14)12(16)10(13)6-8/h3-7,16H,2H2,1H3. The molecule has 1 aromatic carbocycles. The summed E-state index contributed by atoms with van der Waals surface area (Å²) in [5.74, 6) is -2.18. The highest BCUT2D eigenvalue weighted by Gasteiger charge is 2.08. The van der Waals surface area contributed by atoms with Gasteiger partial charge in [-0.15, -0.1) is 0 Å². The number of ether oxygens (including phenoxy) is 1. The summed E-state index contributed by atoms with van der Waals surface area (Å²) in [6.45, 7) is 1.91. The lowest BCUT2D eigenvalue weighted by Crippen LogP contribution is -1.98. The van der Waals surface area contributed by atoms with Crippen molar-refractivity contribution in [3.63, 3.8) is 0 Å². The van der Waals surface area contributed by atoms with Crippen LogP contribution in [0.1, 0.15) is 22.8 Å². The van der Waals surface area contributed by atoms with Crippen molar-refractivity contribution in [2.45, 2.75) is 6.92 Å². The summed E-state index contributed by atoms with van der Waals surface area (Å²) in [5, 5.41) is 9.16. The average Bonchev–Trinajstić information content (AvgIpc) is 2.31. The number of phenolic OH excluding ortho intramolecular Hbond substituents is 1. The summed E-state index contributed by atoms with van der Waals surface area (Å²) < 4.78 is 17.8. The Labute approximate surface area is 97.3 Å². The largest absolute Gasteiger partial charge is 0.504 e. The first-order valence-corrected chi connectivity index (χ1v) is 4.91. The minimum atomic E-state index is -0.918. The van der Waals surface area contributed by atoms with Crippen LogP contribution >= 0.6 is 0 Å². The third kappa shape index (κ3) is 3.41. The van der Waals surface area contributed by atoms with Gasteiger partial charge in [-0.2, -0.15) is 0 Å². The fourth-order valence-electron chi connectivity index (χ4n) is 1.18. The van der Waals surface area contributed by atoms with Crippen molar-refractivity contribution in [1.29, 1.82) is 0 Å². The molecule has 90 valence electrons. The zero-order valence-corrected chi connectivity index (χ0v) is 9.14. The van der Waals surface area contributed by atoms with Crippen LogP contribution < -0.4 is 0 Å². The highest BCUT2D eigenvalue weighted by Crippen LogP contribution is 2.22. The molecule has 0 fully saturated rings. The monoisotopic (exact) mass is 238 g/mol. The molecule has 0 radical (unpaired) electrons. The van der Waals surface area contributed by atoms with Gasteiger partial charge in [0.1, 0.15) is 0 Å². The molecule has 0 saturated carbocycles. The van der Waals surface area contributed by atoms with Crippen LogP contribution in [0.4, 0.5) is 4.39 Å². The van der Waals surface area contributed by atoms with Crippen molar-refractivity contribution < 1.29 is 23.8 Å². The molecule has 4 nitrogen and oxygen atoms in total. The van der Waals surface area contributed by atoms with E-state index in [-0.39, 0.29) is 17.7 Å². The molecule has 0 unspecified atom stereocenters. The molecular weight excluding hydrogens is 227 g/mol. The zero-order chi connectivity index (χ0) is 12.8. The minimum Gasteiger partial charge on any atom is -0.504 e. The minimum absolute atomic E-state index is 0.173. The van der Waals surface area contributed by atoms with E-state index in [1.807, 2.05) is 0 Å². The molecule has 1 aromatic rings. The molecule has 0 bridgehead atoms. The fraction of sp³-hybridized carbons (Fsp3) is 0.167. The Kier molecular flexibility index (Phi) is 4.39. The van der Waals surface area contributed by atoms with E-state index in [1.165, 1.54) is 12.1 Å². The van der Waals surface area contributed by atoms with Crippen LogP contribution in [0, 0.1) is 5.82 Å². The number of aromatic hydroxyl groups is 1. The highest BCUT2D eigenvalue weighted by molar-refractivity contribution is 5.88. The normalized spacial score (nSPS) is 10.5. The van der Waals surface area contributed by atoms with Crippen LogP contribution in [0.3, 0.4) is 0 Å². The number of benzene rings is 1. The third-order valence-electron chi connectivity index (χ3n) is 1.94. The molecule has 0 aliphatic heterocycles. The van der Waals surface area contributed by atoms with E-state index >= 15 is 0 Å². The van der Waals surface area contributed by atoms with E-state index in [9.17, 15) is 14.0 Å². The van der Waals surface area contributed by atoms with Gasteiger partial charge in [-0.3, -0.25) is 4.79 Å². The number of hydrogen-bond donors (Lipinski definition) is 1. The van der Waals surface area contributed by atoms with Gasteiger partial charge in [-0.1, -0.05) is 0 Å². The predicted octanol–water partition coefficient (Wildman–Crippen LogP) is 1.92. The Morgan fingerprint density at radius 1 is 1.53 bits per heavy atom. The van der Waals surface area contributed by atoms with E-state index in [4.69, 9.17) is 5.11 Å². The molecule has 0 aromatic heterocycles. The van der Waals surface area contributed by atoms with Gasteiger partial charge < -0.3 is 9.84 Å². The van der Waals surface area contributed by atoms with Gasteiger partial charge in [0, 0.05) is 6.08 Å². The van der Waals surface area contributed by atoms with E-state index in [2.05, 4.69) is 4.74 Å². The van der Waals surface area contributed by atoms with E-state index in [1.54, 1.807) is 6.92 Å². The first kappa shape index (κ1) is 12.9.